The zero-order valence-electron chi connectivity index (χ0n) is 10.9. The lowest BCUT2D eigenvalue weighted by Gasteiger charge is -2.13. The van der Waals surface area contributed by atoms with Gasteiger partial charge in [0.15, 0.2) is 0 Å². The topological polar surface area (TPSA) is 122 Å². The van der Waals surface area contributed by atoms with Gasteiger partial charge in [0.05, 0.1) is 11.0 Å². The second kappa shape index (κ2) is 6.07. The predicted octanol–water partition coefficient (Wildman–Crippen LogP) is 1.44. The largest absolute Gasteiger partial charge is 0.465 e. The number of amides is 2. The van der Waals surface area contributed by atoms with E-state index >= 15 is 0 Å². The molecule has 9 nitrogen and oxygen atoms in total. The molecule has 2 rings (SSSR count). The van der Waals surface area contributed by atoms with Crippen molar-refractivity contribution in [3.8, 4) is 5.75 Å². The molecule has 1 saturated heterocycles. The Balaban J connectivity index is 1.85. The van der Waals surface area contributed by atoms with E-state index in [1.165, 1.54) is 29.2 Å². The number of non-ortho nitro benzene ring substituents is 1. The number of ether oxygens (including phenoxy) is 1. The second-order valence-corrected chi connectivity index (χ2v) is 4.50. The Hall–Kier alpha value is -2.84. The fraction of sp³-hybridized carbons (Fsp3) is 0.333. The summed E-state index contributed by atoms with van der Waals surface area (Å²) in [5.74, 6) is 0.172. The first-order valence-electron chi connectivity index (χ1n) is 6.16. The van der Waals surface area contributed by atoms with Gasteiger partial charge in [-0.25, -0.2) is 9.59 Å². The van der Waals surface area contributed by atoms with Crippen LogP contribution in [0.4, 0.5) is 15.3 Å². The fourth-order valence-corrected chi connectivity index (χ4v) is 1.99. The zero-order valence-corrected chi connectivity index (χ0v) is 10.9. The van der Waals surface area contributed by atoms with Gasteiger partial charge in [-0.3, -0.25) is 10.1 Å². The molecule has 0 unspecified atom stereocenters. The van der Waals surface area contributed by atoms with Crippen LogP contribution in [-0.4, -0.2) is 46.2 Å². The van der Waals surface area contributed by atoms with E-state index in [2.05, 4.69) is 5.32 Å². The van der Waals surface area contributed by atoms with Crippen LogP contribution in [0.1, 0.15) is 6.42 Å². The van der Waals surface area contributed by atoms with Crippen molar-refractivity contribution in [2.45, 2.75) is 12.5 Å². The Morgan fingerprint density at radius 3 is 2.57 bits per heavy atom. The molecule has 1 aromatic rings. The number of benzene rings is 1. The summed E-state index contributed by atoms with van der Waals surface area (Å²) >= 11 is 0. The molecule has 1 aromatic carbocycles. The minimum atomic E-state index is -1.02. The molecule has 0 spiro atoms. The van der Waals surface area contributed by atoms with Crippen LogP contribution >= 0.6 is 0 Å². The van der Waals surface area contributed by atoms with E-state index < -0.39 is 17.1 Å². The van der Waals surface area contributed by atoms with Crippen LogP contribution < -0.4 is 10.1 Å². The minimum absolute atomic E-state index is 0.101. The van der Waals surface area contributed by atoms with Crippen molar-refractivity contribution in [3.63, 3.8) is 0 Å². The number of hydrogen-bond acceptors (Lipinski definition) is 5. The summed E-state index contributed by atoms with van der Waals surface area (Å²) < 4.78 is 4.97. The molecule has 1 heterocycles. The first-order valence-corrected chi connectivity index (χ1v) is 6.16. The van der Waals surface area contributed by atoms with Crippen molar-refractivity contribution in [1.82, 2.24) is 10.2 Å². The lowest BCUT2D eigenvalue weighted by molar-refractivity contribution is -0.384. The Morgan fingerprint density at radius 1 is 1.38 bits per heavy atom. The van der Waals surface area contributed by atoms with E-state index in [0.717, 1.165) is 0 Å². The Bertz CT molecular complexity index is 559. The van der Waals surface area contributed by atoms with Crippen LogP contribution in [0.3, 0.4) is 0 Å². The average Bonchev–Trinajstić information content (AvgIpc) is 2.87. The molecule has 0 aromatic heterocycles. The number of hydrogen-bond donors (Lipinski definition) is 2. The van der Waals surface area contributed by atoms with Crippen molar-refractivity contribution in [3.05, 3.63) is 34.4 Å². The molecule has 1 atom stereocenters. The third kappa shape index (κ3) is 3.81. The Kier molecular flexibility index (Phi) is 4.21. The number of nitrogens with one attached hydrogen (secondary N) is 1. The maximum absolute atomic E-state index is 11.6. The summed E-state index contributed by atoms with van der Waals surface area (Å²) in [5, 5.41) is 21.8. The van der Waals surface area contributed by atoms with Gasteiger partial charge in [-0.2, -0.15) is 0 Å². The molecule has 112 valence electrons. The number of carbonyl (C=O) groups is 2. The van der Waals surface area contributed by atoms with Crippen molar-refractivity contribution in [2.75, 3.05) is 13.1 Å². The van der Waals surface area contributed by atoms with Crippen LogP contribution in [0.2, 0.25) is 0 Å². The van der Waals surface area contributed by atoms with E-state index in [-0.39, 0.29) is 24.0 Å². The van der Waals surface area contributed by atoms with Gasteiger partial charge in [0, 0.05) is 25.2 Å². The fourth-order valence-electron chi connectivity index (χ4n) is 1.99. The summed E-state index contributed by atoms with van der Waals surface area (Å²) in [6.07, 6.45) is -1.23. The molecule has 21 heavy (non-hydrogen) atoms. The van der Waals surface area contributed by atoms with Crippen molar-refractivity contribution in [1.29, 1.82) is 0 Å². The van der Waals surface area contributed by atoms with Crippen molar-refractivity contribution >= 4 is 17.9 Å². The summed E-state index contributed by atoms with van der Waals surface area (Å²) in [7, 11) is 0. The number of nitro benzene ring substituents is 1. The van der Waals surface area contributed by atoms with Gasteiger partial charge in [0.25, 0.3) is 5.69 Å². The quantitative estimate of drug-likeness (QED) is 0.642. The second-order valence-electron chi connectivity index (χ2n) is 4.50. The molecule has 2 N–H and O–H groups in total. The number of rotatable bonds is 3. The number of carboxylic acid groups (broad SMARTS) is 1. The van der Waals surface area contributed by atoms with Gasteiger partial charge in [-0.15, -0.1) is 0 Å². The Morgan fingerprint density at radius 2 is 2.05 bits per heavy atom. The number of likely N-dealkylation sites (tertiary alicyclic amines) is 1. The SMILES string of the molecule is O=C(N[C@H]1CCN(C(=O)O)C1)Oc1ccc([N+](=O)[O-])cc1. The third-order valence-corrected chi connectivity index (χ3v) is 3.04. The highest BCUT2D eigenvalue weighted by Gasteiger charge is 2.27. The summed E-state index contributed by atoms with van der Waals surface area (Å²) in [6, 6.07) is 4.78. The predicted molar refractivity (Wildman–Crippen MR) is 70.3 cm³/mol. The van der Waals surface area contributed by atoms with E-state index in [1.807, 2.05) is 0 Å². The normalized spacial score (nSPS) is 17.3. The van der Waals surface area contributed by atoms with Crippen molar-refractivity contribution in [2.24, 2.45) is 0 Å². The molecule has 1 aliphatic heterocycles. The monoisotopic (exact) mass is 295 g/mol. The van der Waals surface area contributed by atoms with Crippen LogP contribution in [0.15, 0.2) is 24.3 Å². The highest BCUT2D eigenvalue weighted by molar-refractivity contribution is 5.71. The lowest BCUT2D eigenvalue weighted by atomic mass is 10.3. The van der Waals surface area contributed by atoms with Gasteiger partial charge >= 0.3 is 12.2 Å². The van der Waals surface area contributed by atoms with Crippen molar-refractivity contribution < 1.29 is 24.4 Å². The molecule has 9 heteroatoms. The summed E-state index contributed by atoms with van der Waals surface area (Å²) in [4.78, 5) is 33.5. The van der Waals surface area contributed by atoms with Gasteiger partial charge in [0.1, 0.15) is 5.75 Å². The molecule has 0 radical (unpaired) electrons. The molecule has 1 aliphatic rings. The van der Waals surface area contributed by atoms with Crippen LogP contribution in [0.25, 0.3) is 0 Å². The average molecular weight is 295 g/mol. The maximum atomic E-state index is 11.6. The van der Waals surface area contributed by atoms with E-state index in [9.17, 15) is 19.7 Å². The standard InChI is InChI=1S/C12H13N3O6/c16-11(13-8-5-6-14(7-8)12(17)18)21-10-3-1-9(2-4-10)15(19)20/h1-4,8H,5-7H2,(H,13,16)(H,17,18)/t8-/m0/s1. The van der Waals surface area contributed by atoms with E-state index in [0.29, 0.717) is 13.0 Å². The minimum Gasteiger partial charge on any atom is -0.465 e. The summed E-state index contributed by atoms with van der Waals surface area (Å²) in [5.41, 5.74) is -0.101. The molecule has 1 fully saturated rings. The smallest absolute Gasteiger partial charge is 0.412 e. The zero-order chi connectivity index (χ0) is 15.4. The highest BCUT2D eigenvalue weighted by Crippen LogP contribution is 2.17. The first-order chi connectivity index (χ1) is 9.95. The van der Waals surface area contributed by atoms with Gasteiger partial charge < -0.3 is 20.1 Å². The molecular weight excluding hydrogens is 282 g/mol. The molecule has 2 amide bonds. The lowest BCUT2D eigenvalue weighted by Crippen LogP contribution is -2.39. The third-order valence-electron chi connectivity index (χ3n) is 3.04. The highest BCUT2D eigenvalue weighted by atomic mass is 16.6. The maximum Gasteiger partial charge on any atom is 0.412 e. The summed E-state index contributed by atoms with van der Waals surface area (Å²) in [6.45, 7) is 0.572. The van der Waals surface area contributed by atoms with Crippen LogP contribution in [0.5, 0.6) is 5.75 Å². The van der Waals surface area contributed by atoms with Gasteiger partial charge in [0.2, 0.25) is 0 Å². The number of nitro groups is 1. The van der Waals surface area contributed by atoms with E-state index in [4.69, 9.17) is 9.84 Å². The molecular formula is C12H13N3O6. The molecule has 0 bridgehead atoms. The molecule has 0 aliphatic carbocycles. The van der Waals surface area contributed by atoms with Crippen LogP contribution in [-0.2, 0) is 0 Å². The van der Waals surface area contributed by atoms with Crippen LogP contribution in [0, 0.1) is 10.1 Å². The first kappa shape index (κ1) is 14.6. The number of carbonyl (C=O) groups excluding carboxylic acids is 1. The molecule has 0 saturated carbocycles. The van der Waals surface area contributed by atoms with Gasteiger partial charge in [-0.1, -0.05) is 0 Å². The van der Waals surface area contributed by atoms with Gasteiger partial charge in [-0.05, 0) is 18.6 Å². The van der Waals surface area contributed by atoms with E-state index in [1.54, 1.807) is 0 Å². The Labute approximate surface area is 119 Å². The number of nitrogens with zero attached hydrogens (tertiary/aromatic N) is 2.